The van der Waals surface area contributed by atoms with E-state index in [0.717, 1.165) is 11.3 Å². The fourth-order valence-corrected chi connectivity index (χ4v) is 6.19. The third-order valence-corrected chi connectivity index (χ3v) is 8.65. The van der Waals surface area contributed by atoms with Gasteiger partial charge in [-0.1, -0.05) is 20.8 Å². The van der Waals surface area contributed by atoms with Crippen molar-refractivity contribution in [3.05, 3.63) is 68.4 Å². The number of aliphatic carboxylic acids is 1. The van der Waals surface area contributed by atoms with E-state index in [9.17, 15) is 24.3 Å². The number of pyridine rings is 1. The van der Waals surface area contributed by atoms with Gasteiger partial charge in [0, 0.05) is 41.7 Å². The Kier molecular flexibility index (Phi) is 10.3. The van der Waals surface area contributed by atoms with Crippen LogP contribution in [0.15, 0.2) is 40.2 Å². The summed E-state index contributed by atoms with van der Waals surface area (Å²) in [6.07, 6.45) is 7.56. The van der Waals surface area contributed by atoms with Crippen molar-refractivity contribution in [3.8, 4) is 0 Å². The van der Waals surface area contributed by atoms with Crippen molar-refractivity contribution in [2.45, 2.75) is 39.0 Å². The molecular weight excluding hydrogens is 650 g/mol. The van der Waals surface area contributed by atoms with Crippen LogP contribution >= 0.6 is 11.3 Å². The number of nitrogens with one attached hydrogen (secondary N) is 3. The molecule has 2 amide bonds. The number of amides is 2. The molecule has 1 aliphatic rings. The van der Waals surface area contributed by atoms with Crippen LogP contribution in [0.5, 0.6) is 0 Å². The Morgan fingerprint density at radius 1 is 1.18 bits per heavy atom. The van der Waals surface area contributed by atoms with Crippen molar-refractivity contribution in [2.75, 3.05) is 57.0 Å². The molecule has 4 aromatic rings. The van der Waals surface area contributed by atoms with Gasteiger partial charge in [-0.2, -0.15) is 5.21 Å². The summed E-state index contributed by atoms with van der Waals surface area (Å²) in [7, 11) is 3.50. The van der Waals surface area contributed by atoms with E-state index in [1.807, 2.05) is 31.1 Å². The summed E-state index contributed by atoms with van der Waals surface area (Å²) in [5, 5.41) is 32.9. The molecule has 0 bridgehead atoms. The first kappa shape index (κ1) is 35.0. The number of H-pyrrole nitrogens is 1. The number of carboxylic acids is 1. The van der Waals surface area contributed by atoms with Crippen LogP contribution in [0.2, 0.25) is 0 Å². The summed E-state index contributed by atoms with van der Waals surface area (Å²) in [6, 6.07) is 3.11. The molecule has 1 aliphatic heterocycles. The molecule has 0 unspecified atom stereocenters. The average Bonchev–Trinajstić information content (AvgIpc) is 3.72. The molecule has 4 aromatic heterocycles. The number of carboxylic acid groups (broad SMARTS) is 1. The number of carbonyl (C=O) groups is 3. The number of piperidine rings is 1. The summed E-state index contributed by atoms with van der Waals surface area (Å²) in [6.45, 7) is 7.59. The van der Waals surface area contributed by atoms with Crippen LogP contribution < -0.4 is 26.2 Å². The zero-order valence-electron chi connectivity index (χ0n) is 28.0. The minimum Gasteiger partial charge on any atom is -0.544 e. The second-order valence-electron chi connectivity index (χ2n) is 13.5. The van der Waals surface area contributed by atoms with Gasteiger partial charge in [0.05, 0.1) is 44.4 Å². The summed E-state index contributed by atoms with van der Waals surface area (Å²) < 4.78 is 1.54. The first-order valence-electron chi connectivity index (χ1n) is 15.7. The van der Waals surface area contributed by atoms with Crippen molar-refractivity contribution in [1.29, 1.82) is 0 Å². The van der Waals surface area contributed by atoms with Crippen molar-refractivity contribution in [2.24, 2.45) is 0 Å². The van der Waals surface area contributed by atoms with E-state index in [1.165, 1.54) is 21.9 Å². The van der Waals surface area contributed by atoms with Gasteiger partial charge in [-0.3, -0.25) is 24.1 Å². The monoisotopic (exact) mass is 689 g/mol. The van der Waals surface area contributed by atoms with Gasteiger partial charge in [0.25, 0.3) is 11.5 Å². The predicted molar refractivity (Wildman–Crippen MR) is 183 cm³/mol. The van der Waals surface area contributed by atoms with Crippen LogP contribution in [0.1, 0.15) is 61.1 Å². The molecule has 49 heavy (non-hydrogen) atoms. The van der Waals surface area contributed by atoms with Crippen molar-refractivity contribution in [3.63, 3.8) is 0 Å². The van der Waals surface area contributed by atoms with Crippen LogP contribution in [0, 0.1) is 0 Å². The number of aromatic amines is 1. The number of anilines is 2. The number of aromatic nitrogens is 7. The molecule has 16 nitrogen and oxygen atoms in total. The number of fused-ring (bicyclic) bond motifs is 1. The highest BCUT2D eigenvalue weighted by atomic mass is 32.1. The topological polar surface area (TPSA) is 203 Å². The minimum absolute atomic E-state index is 0.162. The minimum atomic E-state index is -1.15. The molecular formula is C32H39N11O5S. The van der Waals surface area contributed by atoms with E-state index in [2.05, 4.69) is 36.2 Å². The summed E-state index contributed by atoms with van der Waals surface area (Å²) in [5.41, 5.74) is 2.03. The molecule has 5 rings (SSSR count). The second kappa shape index (κ2) is 14.4. The highest BCUT2D eigenvalue weighted by Gasteiger charge is 2.23. The number of tetrazole rings is 1. The Morgan fingerprint density at radius 3 is 2.67 bits per heavy atom. The molecule has 17 heteroatoms. The summed E-state index contributed by atoms with van der Waals surface area (Å²) in [5.74, 6) is -1.18. The predicted octanol–water partition coefficient (Wildman–Crippen LogP) is 0.853. The number of quaternary nitrogens is 1. The number of carbonyl (C=O) groups excluding carboxylic acids is 3. The lowest BCUT2D eigenvalue weighted by Crippen LogP contribution is -2.51. The highest BCUT2D eigenvalue weighted by Crippen LogP contribution is 2.27. The molecule has 0 aromatic carbocycles. The molecule has 0 atom stereocenters. The van der Waals surface area contributed by atoms with E-state index in [-0.39, 0.29) is 57.4 Å². The highest BCUT2D eigenvalue weighted by molar-refractivity contribution is 7.14. The zero-order chi connectivity index (χ0) is 35.3. The molecule has 0 saturated carbocycles. The fraction of sp³-hybridized carbons (Fsp3) is 0.406. The number of hydrogen-bond donors (Lipinski definition) is 3. The lowest BCUT2D eigenvalue weighted by atomic mass is 9.93. The Balaban J connectivity index is 1.41. The number of nitrogens with zero attached hydrogens (tertiary/aromatic N) is 8. The van der Waals surface area contributed by atoms with Crippen LogP contribution in [0.4, 0.5) is 10.9 Å². The first-order chi connectivity index (χ1) is 23.2. The van der Waals surface area contributed by atoms with Gasteiger partial charge in [0.15, 0.2) is 11.0 Å². The van der Waals surface area contributed by atoms with E-state index in [0.29, 0.717) is 49.0 Å². The first-order valence-corrected chi connectivity index (χ1v) is 16.6. The number of thiazole rings is 1. The van der Waals surface area contributed by atoms with Crippen molar-refractivity contribution in [1.82, 2.24) is 40.3 Å². The van der Waals surface area contributed by atoms with Gasteiger partial charge >= 0.3 is 0 Å². The van der Waals surface area contributed by atoms with Crippen molar-refractivity contribution < 1.29 is 24.0 Å². The maximum Gasteiger partial charge on any atom is 0.267 e. The van der Waals surface area contributed by atoms with Crippen LogP contribution in [-0.4, -0.2) is 104 Å². The Hall–Kier alpha value is -5.29. The number of likely N-dealkylation sites (N-methyl/N-ethyl adjacent to an activating group) is 1. The third-order valence-electron chi connectivity index (χ3n) is 7.89. The summed E-state index contributed by atoms with van der Waals surface area (Å²) >= 11 is 1.34. The van der Waals surface area contributed by atoms with Gasteiger partial charge < -0.3 is 24.6 Å². The SMILES string of the molecule is CC(C)(C)c1csc(NC(=O)c2ccn3c(=O)c(/C=C/c4nn[nH]n4)c(N4CCC/C(=C\C(=O)NCC[N+](C)(C)CC(=O)[O-])C4)nc3c2)n1. The molecule has 0 spiro atoms. The van der Waals surface area contributed by atoms with E-state index >= 15 is 0 Å². The lowest BCUT2D eigenvalue weighted by molar-refractivity contribution is -0.883. The maximum atomic E-state index is 13.9. The lowest BCUT2D eigenvalue weighted by Gasteiger charge is -2.31. The van der Waals surface area contributed by atoms with E-state index < -0.39 is 5.97 Å². The second-order valence-corrected chi connectivity index (χ2v) is 14.3. The molecule has 1 fully saturated rings. The molecule has 0 aliphatic carbocycles. The maximum absolute atomic E-state index is 13.9. The molecule has 3 N–H and O–H groups in total. The van der Waals surface area contributed by atoms with Gasteiger partial charge in [-0.05, 0) is 47.9 Å². The third kappa shape index (κ3) is 8.99. The van der Waals surface area contributed by atoms with Gasteiger partial charge in [-0.25, -0.2) is 9.97 Å². The smallest absolute Gasteiger partial charge is 0.267 e. The quantitative estimate of drug-likeness (QED) is 0.149. The van der Waals surface area contributed by atoms with Crippen LogP contribution in [0.25, 0.3) is 17.8 Å². The molecule has 258 valence electrons. The molecule has 5 heterocycles. The standard InChI is InChI=1S/C32H39N11O5S/c1-32(2,3)23-19-49-31(34-23)36-29(47)21-10-13-42-25(16-21)35-28(22(30(42)48)8-9-24-37-39-40-38-24)41-12-6-7-20(17-41)15-26(44)33-11-14-43(4,5)18-27(45)46/h8-10,13,15-16,19H,6-7,11-12,14,17-18H2,1-5H3,(H3-,33,34,36,37,38,39,40,44,45,46,47)/b20-15+. The average molecular weight is 690 g/mol. The Morgan fingerprint density at radius 2 is 1.98 bits per heavy atom. The zero-order valence-corrected chi connectivity index (χ0v) is 28.8. The molecule has 0 radical (unpaired) electrons. The largest absolute Gasteiger partial charge is 0.544 e. The number of hydrogen-bond acceptors (Lipinski definition) is 12. The van der Waals surface area contributed by atoms with E-state index in [1.54, 1.807) is 44.5 Å². The fourth-order valence-electron chi connectivity index (χ4n) is 5.26. The number of rotatable bonds is 11. The van der Waals surface area contributed by atoms with Crippen LogP contribution in [0.3, 0.4) is 0 Å². The van der Waals surface area contributed by atoms with Crippen LogP contribution in [-0.2, 0) is 15.0 Å². The van der Waals surface area contributed by atoms with Gasteiger partial charge in [0.2, 0.25) is 5.91 Å². The van der Waals surface area contributed by atoms with Gasteiger partial charge in [-0.15, -0.1) is 21.5 Å². The van der Waals surface area contributed by atoms with Gasteiger partial charge in [0.1, 0.15) is 18.0 Å². The van der Waals surface area contributed by atoms with E-state index in [4.69, 9.17) is 4.98 Å². The molecule has 1 saturated heterocycles. The van der Waals surface area contributed by atoms with Crippen molar-refractivity contribution >= 4 is 57.9 Å². The Labute approximate surface area is 286 Å². The normalized spacial score (nSPS) is 14.9. The Bertz CT molecular complexity index is 1970. The summed E-state index contributed by atoms with van der Waals surface area (Å²) in [4.78, 5) is 62.2.